The summed E-state index contributed by atoms with van der Waals surface area (Å²) in [5.41, 5.74) is 1.16. The Labute approximate surface area is 160 Å². The first-order valence-electron chi connectivity index (χ1n) is 10.0. The predicted octanol–water partition coefficient (Wildman–Crippen LogP) is 4.84. The van der Waals surface area contributed by atoms with Crippen molar-refractivity contribution in [2.45, 2.75) is 50.5 Å². The average Bonchev–Trinajstić information content (AvgIpc) is 3.19. The molecule has 2 atom stereocenters. The van der Waals surface area contributed by atoms with Crippen LogP contribution in [-0.2, 0) is 26.3 Å². The molecule has 2 fully saturated rings. The summed E-state index contributed by atoms with van der Waals surface area (Å²) in [6.07, 6.45) is 6.25. The van der Waals surface area contributed by atoms with Crippen molar-refractivity contribution < 1.29 is 14.3 Å². The molecule has 1 aliphatic carbocycles. The zero-order valence-electron chi connectivity index (χ0n) is 15.6. The molecule has 0 radical (unpaired) electrons. The van der Waals surface area contributed by atoms with Crippen LogP contribution in [0.1, 0.15) is 49.7 Å². The molecule has 0 aromatic heterocycles. The van der Waals surface area contributed by atoms with Crippen LogP contribution >= 0.6 is 0 Å². The second kappa shape index (κ2) is 7.67. The van der Waals surface area contributed by atoms with Crippen molar-refractivity contribution in [2.24, 2.45) is 11.8 Å². The van der Waals surface area contributed by atoms with E-state index in [0.29, 0.717) is 12.3 Å². The van der Waals surface area contributed by atoms with Crippen LogP contribution in [-0.4, -0.2) is 11.8 Å². The summed E-state index contributed by atoms with van der Waals surface area (Å²) in [7, 11) is 0. The smallest absolute Gasteiger partial charge is 0.317 e. The van der Waals surface area contributed by atoms with Gasteiger partial charge in [-0.15, -0.1) is 0 Å². The number of Topliss-reactive ketones (excluding diaryl/α,β-unsaturated/α-hetero) is 1. The Kier molecular flexibility index (Phi) is 5.11. The molecule has 4 rings (SSSR count). The number of cyclic esters (lactones) is 1. The van der Waals surface area contributed by atoms with Gasteiger partial charge >= 0.3 is 5.97 Å². The molecule has 2 aromatic rings. The first-order chi connectivity index (χ1) is 13.2. The maximum Gasteiger partial charge on any atom is 0.317 e. The van der Waals surface area contributed by atoms with E-state index >= 15 is 0 Å². The largest absolute Gasteiger partial charge is 0.453 e. The fraction of sp³-hybridized carbons (Fsp3) is 0.417. The molecule has 1 heterocycles. The van der Waals surface area contributed by atoms with Crippen molar-refractivity contribution in [3.8, 4) is 0 Å². The lowest BCUT2D eigenvalue weighted by molar-refractivity contribution is -0.181. The van der Waals surface area contributed by atoms with Crippen LogP contribution in [0.25, 0.3) is 0 Å². The van der Waals surface area contributed by atoms with Gasteiger partial charge in [-0.3, -0.25) is 9.59 Å². The third-order valence-corrected chi connectivity index (χ3v) is 6.10. The molecule has 1 aliphatic heterocycles. The SMILES string of the molecule is O=C1CC(CC2CCCC2)(c2ccccc2)OC(=O)C1Cc1ccccc1. The number of rotatable bonds is 5. The van der Waals surface area contributed by atoms with Gasteiger partial charge in [-0.2, -0.15) is 0 Å². The van der Waals surface area contributed by atoms with Crippen molar-refractivity contribution in [1.29, 1.82) is 0 Å². The molecule has 27 heavy (non-hydrogen) atoms. The van der Waals surface area contributed by atoms with E-state index in [2.05, 4.69) is 0 Å². The van der Waals surface area contributed by atoms with Gasteiger partial charge in [-0.25, -0.2) is 0 Å². The Balaban J connectivity index is 1.60. The number of carbonyl (C=O) groups is 2. The predicted molar refractivity (Wildman–Crippen MR) is 104 cm³/mol. The van der Waals surface area contributed by atoms with E-state index in [1.807, 2.05) is 60.7 Å². The monoisotopic (exact) mass is 362 g/mol. The quantitative estimate of drug-likeness (QED) is 0.565. The number of carbonyl (C=O) groups excluding carboxylic acids is 2. The molecule has 0 bridgehead atoms. The summed E-state index contributed by atoms with van der Waals surface area (Å²) in [6.45, 7) is 0. The molecule has 2 aromatic carbocycles. The highest BCUT2D eigenvalue weighted by Crippen LogP contribution is 2.45. The molecule has 1 saturated heterocycles. The first kappa shape index (κ1) is 18.0. The van der Waals surface area contributed by atoms with Gasteiger partial charge in [0.1, 0.15) is 11.5 Å². The van der Waals surface area contributed by atoms with E-state index in [0.717, 1.165) is 30.4 Å². The minimum atomic E-state index is -0.794. The number of ether oxygens (including phenoxy) is 1. The second-order valence-corrected chi connectivity index (χ2v) is 8.02. The molecule has 140 valence electrons. The van der Waals surface area contributed by atoms with Gasteiger partial charge in [0.25, 0.3) is 0 Å². The van der Waals surface area contributed by atoms with Gasteiger partial charge in [0.2, 0.25) is 0 Å². The van der Waals surface area contributed by atoms with Crippen LogP contribution in [0.4, 0.5) is 0 Å². The lowest BCUT2D eigenvalue weighted by Gasteiger charge is -2.40. The Hall–Kier alpha value is -2.42. The Morgan fingerprint density at radius 3 is 2.15 bits per heavy atom. The molecule has 0 amide bonds. The highest BCUT2D eigenvalue weighted by Gasteiger charge is 2.49. The molecule has 0 N–H and O–H groups in total. The van der Waals surface area contributed by atoms with Gasteiger partial charge in [-0.1, -0.05) is 86.3 Å². The van der Waals surface area contributed by atoms with Gasteiger partial charge in [0, 0.05) is 0 Å². The van der Waals surface area contributed by atoms with Crippen molar-refractivity contribution >= 4 is 11.8 Å². The molecule has 2 unspecified atom stereocenters. The fourth-order valence-corrected chi connectivity index (χ4v) is 4.70. The molecule has 2 aliphatic rings. The topological polar surface area (TPSA) is 43.4 Å². The minimum absolute atomic E-state index is 0.0111. The van der Waals surface area contributed by atoms with E-state index in [1.54, 1.807) is 0 Å². The van der Waals surface area contributed by atoms with Crippen molar-refractivity contribution in [2.75, 3.05) is 0 Å². The molecule has 0 spiro atoms. The highest BCUT2D eigenvalue weighted by molar-refractivity contribution is 6.02. The normalized spacial score (nSPS) is 26.1. The minimum Gasteiger partial charge on any atom is -0.453 e. The van der Waals surface area contributed by atoms with Crippen LogP contribution in [0.2, 0.25) is 0 Å². The van der Waals surface area contributed by atoms with Crippen LogP contribution in [0.3, 0.4) is 0 Å². The summed E-state index contributed by atoms with van der Waals surface area (Å²) >= 11 is 0. The van der Waals surface area contributed by atoms with Crippen molar-refractivity contribution in [1.82, 2.24) is 0 Å². The van der Waals surface area contributed by atoms with Crippen LogP contribution in [0, 0.1) is 11.8 Å². The van der Waals surface area contributed by atoms with Gasteiger partial charge in [0.05, 0.1) is 6.42 Å². The van der Waals surface area contributed by atoms with E-state index < -0.39 is 11.5 Å². The maximum absolute atomic E-state index is 13.1. The second-order valence-electron chi connectivity index (χ2n) is 8.02. The number of ketones is 1. The highest BCUT2D eigenvalue weighted by atomic mass is 16.6. The lowest BCUT2D eigenvalue weighted by Crippen LogP contribution is -2.47. The van der Waals surface area contributed by atoms with Gasteiger partial charge in [-0.05, 0) is 29.9 Å². The summed E-state index contributed by atoms with van der Waals surface area (Å²) in [5, 5.41) is 0. The average molecular weight is 362 g/mol. The van der Waals surface area contributed by atoms with E-state index in [9.17, 15) is 9.59 Å². The summed E-state index contributed by atoms with van der Waals surface area (Å²) < 4.78 is 6.12. The van der Waals surface area contributed by atoms with Crippen LogP contribution in [0.5, 0.6) is 0 Å². The van der Waals surface area contributed by atoms with Crippen LogP contribution < -0.4 is 0 Å². The number of esters is 1. The van der Waals surface area contributed by atoms with Gasteiger partial charge < -0.3 is 4.74 Å². The Bertz CT molecular complexity index is 773. The number of hydrogen-bond acceptors (Lipinski definition) is 3. The zero-order valence-corrected chi connectivity index (χ0v) is 15.6. The lowest BCUT2D eigenvalue weighted by atomic mass is 9.75. The number of hydrogen-bond donors (Lipinski definition) is 0. The summed E-state index contributed by atoms with van der Waals surface area (Å²) in [6, 6.07) is 19.6. The molecule has 3 heteroatoms. The molecule has 3 nitrogen and oxygen atoms in total. The summed E-state index contributed by atoms with van der Waals surface area (Å²) in [5.74, 6) is -0.516. The van der Waals surface area contributed by atoms with Crippen LogP contribution in [0.15, 0.2) is 60.7 Å². The standard InChI is InChI=1S/C24H26O3/c25-22-17-24(16-19-11-7-8-12-19,20-13-5-2-6-14-20)27-23(26)21(22)15-18-9-3-1-4-10-18/h1-6,9-10,13-14,19,21H,7-8,11-12,15-17H2. The molecular formula is C24H26O3. The van der Waals surface area contributed by atoms with Crippen molar-refractivity contribution in [3.05, 3.63) is 71.8 Å². The van der Waals surface area contributed by atoms with E-state index in [4.69, 9.17) is 4.74 Å². The molecular weight excluding hydrogens is 336 g/mol. The van der Waals surface area contributed by atoms with E-state index in [1.165, 1.54) is 12.8 Å². The third-order valence-electron chi connectivity index (χ3n) is 6.10. The fourth-order valence-electron chi connectivity index (χ4n) is 4.70. The summed E-state index contributed by atoms with van der Waals surface area (Å²) in [4.78, 5) is 26.0. The molecule has 1 saturated carbocycles. The zero-order chi connectivity index (χ0) is 18.7. The first-order valence-corrected chi connectivity index (χ1v) is 10.0. The van der Waals surface area contributed by atoms with E-state index in [-0.39, 0.29) is 18.2 Å². The van der Waals surface area contributed by atoms with Gasteiger partial charge in [0.15, 0.2) is 5.78 Å². The Morgan fingerprint density at radius 2 is 1.52 bits per heavy atom. The Morgan fingerprint density at radius 1 is 0.889 bits per heavy atom. The maximum atomic E-state index is 13.1. The number of benzene rings is 2. The third kappa shape index (κ3) is 3.83. The van der Waals surface area contributed by atoms with Crippen molar-refractivity contribution in [3.63, 3.8) is 0 Å².